The van der Waals surface area contributed by atoms with Gasteiger partial charge in [-0.2, -0.15) is 15.1 Å². The number of halogens is 3. The van der Waals surface area contributed by atoms with Crippen molar-refractivity contribution in [2.24, 2.45) is 5.41 Å². The van der Waals surface area contributed by atoms with Gasteiger partial charge in [0.25, 0.3) is 5.91 Å². The normalized spacial score (nSPS) is 15.2. The van der Waals surface area contributed by atoms with Crippen LogP contribution in [0.5, 0.6) is 11.8 Å². The van der Waals surface area contributed by atoms with Crippen molar-refractivity contribution in [1.82, 2.24) is 29.5 Å². The van der Waals surface area contributed by atoms with Crippen LogP contribution in [0.15, 0.2) is 36.4 Å². The largest absolute Gasteiger partial charge is 0.508 e. The van der Waals surface area contributed by atoms with E-state index in [1.807, 2.05) is 19.0 Å². The molecule has 1 amide bonds. The molecule has 2 aromatic heterocycles. The number of phenols is 1. The van der Waals surface area contributed by atoms with Crippen LogP contribution >= 0.6 is 0 Å². The minimum atomic E-state index is -2.36. The van der Waals surface area contributed by atoms with Crippen molar-refractivity contribution >= 4 is 41.5 Å². The predicted octanol–water partition coefficient (Wildman–Crippen LogP) is 9.17. The molecule has 0 saturated heterocycles. The maximum atomic E-state index is 17.6. The average Bonchev–Trinajstić information content (AvgIpc) is 3.87. The number of carbonyl (C=O) groups is 1. The van der Waals surface area contributed by atoms with Crippen LogP contribution < -0.4 is 9.64 Å². The molecular formula is C46H56F3N7O3Si. The minimum absolute atomic E-state index is 0.0246. The molecule has 7 rings (SSSR count). The second-order valence-corrected chi connectivity index (χ2v) is 23.8. The molecule has 0 unspecified atom stereocenters. The van der Waals surface area contributed by atoms with Crippen molar-refractivity contribution in [3.05, 3.63) is 70.8 Å². The van der Waals surface area contributed by atoms with Crippen molar-refractivity contribution in [1.29, 1.82) is 0 Å². The van der Waals surface area contributed by atoms with E-state index < -0.39 is 31.1 Å². The zero-order valence-corrected chi connectivity index (χ0v) is 37.4. The number of aryl methyl sites for hydroxylation is 1. The molecule has 1 N–H and O–H groups in total. The summed E-state index contributed by atoms with van der Waals surface area (Å²) in [4.78, 5) is 27.7. The summed E-state index contributed by atoms with van der Waals surface area (Å²) in [6, 6.07) is 8.37. The number of aromatic nitrogens is 4. The van der Waals surface area contributed by atoms with Gasteiger partial charge in [0.2, 0.25) is 0 Å². The van der Waals surface area contributed by atoms with Crippen LogP contribution in [0.25, 0.3) is 32.8 Å². The Morgan fingerprint density at radius 3 is 2.28 bits per heavy atom. The van der Waals surface area contributed by atoms with E-state index in [4.69, 9.17) is 9.72 Å². The molecule has 14 heteroatoms. The van der Waals surface area contributed by atoms with Gasteiger partial charge in [-0.3, -0.25) is 9.48 Å². The van der Waals surface area contributed by atoms with Crippen LogP contribution in [0.3, 0.4) is 0 Å². The quantitative estimate of drug-likeness (QED) is 0.104. The lowest BCUT2D eigenvalue weighted by Gasteiger charge is -2.38. The number of fused-ring (bicyclic) bond motifs is 3. The minimum Gasteiger partial charge on any atom is -0.508 e. The molecular weight excluding hydrogens is 784 g/mol. The molecule has 10 nitrogen and oxygen atoms in total. The summed E-state index contributed by atoms with van der Waals surface area (Å²) in [5.74, 6) is 0.440. The fourth-order valence-corrected chi connectivity index (χ4v) is 14.7. The first kappa shape index (κ1) is 43.0. The van der Waals surface area contributed by atoms with E-state index in [1.54, 1.807) is 24.8 Å². The standard InChI is InChI=1S/C46H56F3N7O3Si/c1-27(2)60(28(3)4,29(5)6)19-14-33-36(47)13-12-30-20-32(57)22-34(39(30)33)40-37(48)23-35-42(41(40)49)50-45(59-26-46(15-16-46)25-53(7)8)51-43(35)55-17-11-18-56-31(24-55)21-38(52-56)44(58)54(9)10/h12-13,20-23,27-29,57H,11,15-18,24-26H2,1-10H3. The van der Waals surface area contributed by atoms with Crippen molar-refractivity contribution in [2.45, 2.75) is 90.5 Å². The molecule has 0 bridgehead atoms. The molecule has 0 spiro atoms. The highest BCUT2D eigenvalue weighted by Gasteiger charge is 2.44. The highest BCUT2D eigenvalue weighted by Crippen LogP contribution is 2.47. The maximum Gasteiger partial charge on any atom is 0.319 e. The Kier molecular flexibility index (Phi) is 11.7. The van der Waals surface area contributed by atoms with Gasteiger partial charge in [0.15, 0.2) is 11.5 Å². The number of phenolic OH excluding ortho intramolecular Hbond substituents is 1. The fourth-order valence-electron chi connectivity index (χ4n) is 9.45. The molecule has 60 heavy (non-hydrogen) atoms. The van der Waals surface area contributed by atoms with E-state index in [-0.39, 0.29) is 79.5 Å². The number of carbonyl (C=O) groups excluding carboxylic acids is 1. The van der Waals surface area contributed by atoms with Crippen LogP contribution in [-0.4, -0.2) is 96.5 Å². The Morgan fingerprint density at radius 1 is 0.950 bits per heavy atom. The van der Waals surface area contributed by atoms with Crippen LogP contribution in [0.4, 0.5) is 19.0 Å². The highest BCUT2D eigenvalue weighted by atomic mass is 28.3. The summed E-state index contributed by atoms with van der Waals surface area (Å²) in [7, 11) is 4.97. The molecule has 0 radical (unpaired) electrons. The van der Waals surface area contributed by atoms with Crippen LogP contribution in [-0.2, 0) is 13.1 Å². The lowest BCUT2D eigenvalue weighted by Crippen LogP contribution is -2.43. The summed E-state index contributed by atoms with van der Waals surface area (Å²) < 4.78 is 58.8. The number of nitrogens with zero attached hydrogens (tertiary/aromatic N) is 7. The molecule has 2 aliphatic rings. The molecule has 5 aromatic rings. The Morgan fingerprint density at radius 2 is 1.65 bits per heavy atom. The Hall–Kier alpha value is -5.13. The van der Waals surface area contributed by atoms with E-state index in [2.05, 4.69) is 68.0 Å². The lowest BCUT2D eigenvalue weighted by molar-refractivity contribution is 0.0821. The molecule has 318 valence electrons. The first-order valence-corrected chi connectivity index (χ1v) is 23.1. The number of hydrogen-bond donors (Lipinski definition) is 1. The van der Waals surface area contributed by atoms with Gasteiger partial charge in [-0.15, -0.1) is 5.54 Å². The molecule has 3 heterocycles. The summed E-state index contributed by atoms with van der Waals surface area (Å²) >= 11 is 0. The zero-order valence-electron chi connectivity index (χ0n) is 36.4. The van der Waals surface area contributed by atoms with Gasteiger partial charge in [0, 0.05) is 55.5 Å². The Balaban J connectivity index is 1.43. The van der Waals surface area contributed by atoms with E-state index >= 15 is 13.2 Å². The number of anilines is 1. The average molecular weight is 840 g/mol. The van der Waals surface area contributed by atoms with E-state index in [0.717, 1.165) is 25.1 Å². The Labute approximate surface area is 351 Å². The maximum absolute atomic E-state index is 17.6. The van der Waals surface area contributed by atoms with E-state index in [1.165, 1.54) is 35.2 Å². The van der Waals surface area contributed by atoms with Gasteiger partial charge in [-0.05, 0) is 85.7 Å². The number of aromatic hydroxyl groups is 1. The fraction of sp³-hybridized carbons (Fsp3) is 0.478. The van der Waals surface area contributed by atoms with Gasteiger partial charge < -0.3 is 24.5 Å². The first-order chi connectivity index (χ1) is 28.4. The lowest BCUT2D eigenvalue weighted by atomic mass is 9.92. The van der Waals surface area contributed by atoms with Gasteiger partial charge in [-0.1, -0.05) is 53.5 Å². The SMILES string of the molecule is CC(C)[Si](C#Cc1c(F)ccc2cc(O)cc(-c3c(F)cc4c(N5CCCn6nc(C(=O)N(C)C)cc6C5)nc(OCC5(CN(C)C)CC5)nc4c3F)c12)(C(C)C)C(C)C. The number of ether oxygens (including phenoxy) is 1. The second-order valence-electron chi connectivity index (χ2n) is 18.2. The molecule has 0 atom stereocenters. The first-order valence-electron chi connectivity index (χ1n) is 20.8. The van der Waals surface area contributed by atoms with Crippen LogP contribution in [0.1, 0.15) is 82.6 Å². The van der Waals surface area contributed by atoms with Crippen LogP contribution in [0, 0.1) is 34.3 Å². The van der Waals surface area contributed by atoms with Gasteiger partial charge in [-0.25, -0.2) is 13.2 Å². The summed E-state index contributed by atoms with van der Waals surface area (Å²) in [5.41, 5.74) is 4.64. The third kappa shape index (κ3) is 7.94. The summed E-state index contributed by atoms with van der Waals surface area (Å²) in [5, 5.41) is 16.3. The van der Waals surface area contributed by atoms with Crippen molar-refractivity contribution in [3.8, 4) is 34.4 Å². The van der Waals surface area contributed by atoms with Crippen molar-refractivity contribution < 1.29 is 27.8 Å². The summed E-state index contributed by atoms with van der Waals surface area (Å²) in [6.45, 7) is 15.3. The monoisotopic (exact) mass is 839 g/mol. The molecule has 3 aromatic carbocycles. The molecule has 1 aliphatic heterocycles. The third-order valence-corrected chi connectivity index (χ3v) is 18.8. The molecule has 1 saturated carbocycles. The molecule has 1 aliphatic carbocycles. The molecule has 1 fully saturated rings. The second kappa shape index (κ2) is 16.4. The number of amides is 1. The van der Waals surface area contributed by atoms with E-state index in [0.29, 0.717) is 37.2 Å². The number of rotatable bonds is 11. The van der Waals surface area contributed by atoms with Crippen molar-refractivity contribution in [2.75, 3.05) is 52.8 Å². The number of hydrogen-bond acceptors (Lipinski definition) is 8. The topological polar surface area (TPSA) is 99.9 Å². The Bertz CT molecular complexity index is 2520. The predicted molar refractivity (Wildman–Crippen MR) is 234 cm³/mol. The third-order valence-electron chi connectivity index (χ3n) is 12.5. The number of benzene rings is 3. The van der Waals surface area contributed by atoms with E-state index in [9.17, 15) is 9.90 Å². The van der Waals surface area contributed by atoms with Crippen LogP contribution in [0.2, 0.25) is 16.6 Å². The van der Waals surface area contributed by atoms with Gasteiger partial charge in [0.1, 0.15) is 36.8 Å². The zero-order chi connectivity index (χ0) is 43.4. The summed E-state index contributed by atoms with van der Waals surface area (Å²) in [6.07, 6.45) is 2.53. The van der Waals surface area contributed by atoms with Gasteiger partial charge in [0.05, 0.1) is 30.0 Å². The highest BCUT2D eigenvalue weighted by molar-refractivity contribution is 6.90. The smallest absolute Gasteiger partial charge is 0.319 e. The van der Waals surface area contributed by atoms with Gasteiger partial charge >= 0.3 is 6.01 Å². The van der Waals surface area contributed by atoms with Crippen molar-refractivity contribution in [3.63, 3.8) is 0 Å².